The van der Waals surface area contributed by atoms with Gasteiger partial charge in [0.25, 0.3) is 0 Å². The molecule has 0 aromatic heterocycles. The van der Waals surface area contributed by atoms with E-state index in [9.17, 15) is 9.59 Å². The number of piperazine rings is 1. The Kier molecular flexibility index (Phi) is 4.89. The summed E-state index contributed by atoms with van der Waals surface area (Å²) in [5.74, 6) is -0.187. The monoisotopic (exact) mass is 242 g/mol. The van der Waals surface area contributed by atoms with Crippen LogP contribution < -0.4 is 11.5 Å². The second kappa shape index (κ2) is 5.97. The first kappa shape index (κ1) is 13.9. The fourth-order valence-electron chi connectivity index (χ4n) is 1.84. The predicted molar refractivity (Wildman–Crippen MR) is 65.0 cm³/mol. The predicted octanol–water partition coefficient (Wildman–Crippen LogP) is -1.40. The third-order valence-corrected chi connectivity index (χ3v) is 3.07. The first-order valence-corrected chi connectivity index (χ1v) is 5.97. The smallest absolute Gasteiger partial charge is 0.239 e. The summed E-state index contributed by atoms with van der Waals surface area (Å²) < 4.78 is 0. The number of rotatable bonds is 4. The molecule has 6 nitrogen and oxygen atoms in total. The lowest BCUT2D eigenvalue weighted by molar-refractivity contribution is -0.135. The van der Waals surface area contributed by atoms with Crippen LogP contribution in [0.5, 0.6) is 0 Å². The van der Waals surface area contributed by atoms with Crippen molar-refractivity contribution < 1.29 is 9.59 Å². The van der Waals surface area contributed by atoms with E-state index in [1.54, 1.807) is 4.90 Å². The maximum atomic E-state index is 12.0. The van der Waals surface area contributed by atoms with E-state index in [-0.39, 0.29) is 24.3 Å². The number of hydrogen-bond donors (Lipinski definition) is 2. The minimum Gasteiger partial charge on any atom is -0.369 e. The van der Waals surface area contributed by atoms with Crippen molar-refractivity contribution >= 4 is 11.8 Å². The second-order valence-electron chi connectivity index (χ2n) is 4.84. The van der Waals surface area contributed by atoms with Gasteiger partial charge >= 0.3 is 0 Å². The van der Waals surface area contributed by atoms with Crippen LogP contribution in [0.15, 0.2) is 0 Å². The molecule has 2 amide bonds. The topological polar surface area (TPSA) is 92.7 Å². The van der Waals surface area contributed by atoms with Crippen molar-refractivity contribution in [3.05, 3.63) is 0 Å². The average molecular weight is 242 g/mol. The molecule has 0 spiro atoms. The van der Waals surface area contributed by atoms with Crippen molar-refractivity contribution in [1.82, 2.24) is 9.80 Å². The molecule has 1 aliphatic heterocycles. The Morgan fingerprint density at radius 3 is 2.12 bits per heavy atom. The van der Waals surface area contributed by atoms with Gasteiger partial charge < -0.3 is 16.4 Å². The van der Waals surface area contributed by atoms with E-state index < -0.39 is 6.04 Å². The van der Waals surface area contributed by atoms with Gasteiger partial charge in [0.1, 0.15) is 0 Å². The third-order valence-electron chi connectivity index (χ3n) is 3.07. The molecule has 0 unspecified atom stereocenters. The second-order valence-corrected chi connectivity index (χ2v) is 4.84. The zero-order chi connectivity index (χ0) is 13.0. The number of primary amides is 1. The van der Waals surface area contributed by atoms with Crippen LogP contribution in [0, 0.1) is 5.92 Å². The fourth-order valence-corrected chi connectivity index (χ4v) is 1.84. The van der Waals surface area contributed by atoms with Gasteiger partial charge in [-0.25, -0.2) is 0 Å². The van der Waals surface area contributed by atoms with Crippen LogP contribution in [0.2, 0.25) is 0 Å². The molecule has 1 saturated heterocycles. The molecule has 1 heterocycles. The normalized spacial score (nSPS) is 19.4. The van der Waals surface area contributed by atoms with Crippen molar-refractivity contribution in [3.8, 4) is 0 Å². The summed E-state index contributed by atoms with van der Waals surface area (Å²) in [4.78, 5) is 26.4. The Morgan fingerprint density at radius 2 is 1.71 bits per heavy atom. The van der Waals surface area contributed by atoms with Crippen molar-refractivity contribution in [1.29, 1.82) is 0 Å². The molecule has 1 rings (SSSR count). The van der Waals surface area contributed by atoms with E-state index in [0.29, 0.717) is 26.2 Å². The number of carbonyl (C=O) groups excluding carboxylic acids is 2. The van der Waals surface area contributed by atoms with Crippen LogP contribution >= 0.6 is 0 Å². The van der Waals surface area contributed by atoms with Crippen LogP contribution in [-0.4, -0.2) is 60.4 Å². The van der Waals surface area contributed by atoms with E-state index in [0.717, 1.165) is 0 Å². The summed E-state index contributed by atoms with van der Waals surface area (Å²) in [5, 5.41) is 0. The van der Waals surface area contributed by atoms with Crippen LogP contribution in [0.3, 0.4) is 0 Å². The standard InChI is InChI=1S/C11H22N4O2/c1-8(2)10(13)11(17)15-5-3-14(4-6-15)7-9(12)16/h8,10H,3-7,13H2,1-2H3,(H2,12,16)/t10-/m0/s1. The van der Waals surface area contributed by atoms with E-state index in [1.165, 1.54) is 0 Å². The number of carbonyl (C=O) groups is 2. The largest absolute Gasteiger partial charge is 0.369 e. The molecule has 4 N–H and O–H groups in total. The maximum absolute atomic E-state index is 12.0. The molecule has 0 aromatic rings. The number of nitrogens with zero attached hydrogens (tertiary/aromatic N) is 2. The van der Waals surface area contributed by atoms with Gasteiger partial charge in [-0.3, -0.25) is 14.5 Å². The summed E-state index contributed by atoms with van der Waals surface area (Å²) in [6, 6.07) is -0.433. The molecule has 6 heteroatoms. The van der Waals surface area contributed by atoms with Gasteiger partial charge in [0.2, 0.25) is 11.8 Å². The van der Waals surface area contributed by atoms with Crippen LogP contribution in [-0.2, 0) is 9.59 Å². The summed E-state index contributed by atoms with van der Waals surface area (Å²) in [6.45, 7) is 6.73. The van der Waals surface area contributed by atoms with Gasteiger partial charge in [-0.2, -0.15) is 0 Å². The lowest BCUT2D eigenvalue weighted by Gasteiger charge is -2.35. The molecular weight excluding hydrogens is 220 g/mol. The van der Waals surface area contributed by atoms with E-state index in [1.807, 2.05) is 18.7 Å². The molecule has 0 aromatic carbocycles. The molecule has 0 bridgehead atoms. The molecule has 0 aliphatic carbocycles. The highest BCUT2D eigenvalue weighted by Gasteiger charge is 2.26. The Bertz CT molecular complexity index is 285. The summed E-state index contributed by atoms with van der Waals surface area (Å²) >= 11 is 0. The summed E-state index contributed by atoms with van der Waals surface area (Å²) in [6.07, 6.45) is 0. The molecule has 0 saturated carbocycles. The van der Waals surface area contributed by atoms with Crippen LogP contribution in [0.1, 0.15) is 13.8 Å². The molecule has 17 heavy (non-hydrogen) atoms. The lowest BCUT2D eigenvalue weighted by atomic mass is 10.0. The highest BCUT2D eigenvalue weighted by Crippen LogP contribution is 2.07. The van der Waals surface area contributed by atoms with Gasteiger partial charge in [0.15, 0.2) is 0 Å². The molecular formula is C11H22N4O2. The molecule has 98 valence electrons. The van der Waals surface area contributed by atoms with Crippen molar-refractivity contribution in [3.63, 3.8) is 0 Å². The minimum absolute atomic E-state index is 0.00118. The maximum Gasteiger partial charge on any atom is 0.239 e. The Balaban J connectivity index is 2.41. The Hall–Kier alpha value is -1.14. The first-order chi connectivity index (χ1) is 7.91. The zero-order valence-corrected chi connectivity index (χ0v) is 10.6. The lowest BCUT2D eigenvalue weighted by Crippen LogP contribution is -2.55. The van der Waals surface area contributed by atoms with Gasteiger partial charge in [-0.15, -0.1) is 0 Å². The Labute approximate surface area is 102 Å². The molecule has 1 aliphatic rings. The van der Waals surface area contributed by atoms with Gasteiger partial charge in [0.05, 0.1) is 12.6 Å². The SMILES string of the molecule is CC(C)[C@H](N)C(=O)N1CCN(CC(N)=O)CC1. The van der Waals surface area contributed by atoms with E-state index >= 15 is 0 Å². The first-order valence-electron chi connectivity index (χ1n) is 5.97. The van der Waals surface area contributed by atoms with E-state index in [2.05, 4.69) is 0 Å². The fraction of sp³-hybridized carbons (Fsp3) is 0.818. The van der Waals surface area contributed by atoms with Crippen molar-refractivity contribution in [2.24, 2.45) is 17.4 Å². The highest BCUT2D eigenvalue weighted by molar-refractivity contribution is 5.82. The van der Waals surface area contributed by atoms with Gasteiger partial charge in [-0.05, 0) is 5.92 Å². The minimum atomic E-state index is -0.433. The quantitative estimate of drug-likeness (QED) is 0.634. The third kappa shape index (κ3) is 3.98. The highest BCUT2D eigenvalue weighted by atomic mass is 16.2. The number of amides is 2. The summed E-state index contributed by atoms with van der Waals surface area (Å²) in [7, 11) is 0. The molecule has 1 atom stereocenters. The van der Waals surface area contributed by atoms with Crippen LogP contribution in [0.4, 0.5) is 0 Å². The number of hydrogen-bond acceptors (Lipinski definition) is 4. The van der Waals surface area contributed by atoms with Crippen molar-refractivity contribution in [2.45, 2.75) is 19.9 Å². The number of nitrogens with two attached hydrogens (primary N) is 2. The van der Waals surface area contributed by atoms with Crippen LogP contribution in [0.25, 0.3) is 0 Å². The Morgan fingerprint density at radius 1 is 1.18 bits per heavy atom. The molecule has 0 radical (unpaired) electrons. The molecule has 1 fully saturated rings. The van der Waals surface area contributed by atoms with Crippen molar-refractivity contribution in [2.75, 3.05) is 32.7 Å². The van der Waals surface area contributed by atoms with Gasteiger partial charge in [-0.1, -0.05) is 13.8 Å². The van der Waals surface area contributed by atoms with Gasteiger partial charge in [0, 0.05) is 26.2 Å². The zero-order valence-electron chi connectivity index (χ0n) is 10.6. The average Bonchev–Trinajstić information content (AvgIpc) is 2.27. The summed E-state index contributed by atoms with van der Waals surface area (Å²) in [5.41, 5.74) is 11.0. The van der Waals surface area contributed by atoms with E-state index in [4.69, 9.17) is 11.5 Å².